The lowest BCUT2D eigenvalue weighted by molar-refractivity contribution is -0.143. The molecule has 0 radical (unpaired) electrons. The highest BCUT2D eigenvalue weighted by atomic mass is 16.5. The Morgan fingerprint density at radius 2 is 1.16 bits per heavy atom. The average molecular weight is 353 g/mol. The summed E-state index contributed by atoms with van der Waals surface area (Å²) in [4.78, 5) is 11.2. The predicted octanol–water partition coefficient (Wildman–Crippen LogP) is 7.76. The maximum absolute atomic E-state index is 11.2. The van der Waals surface area contributed by atoms with Gasteiger partial charge in [-0.2, -0.15) is 0 Å². The van der Waals surface area contributed by atoms with E-state index in [1.807, 2.05) is 0 Å². The van der Waals surface area contributed by atoms with Gasteiger partial charge in [-0.15, -0.1) is 0 Å². The van der Waals surface area contributed by atoms with Crippen LogP contribution >= 0.6 is 0 Å². The minimum atomic E-state index is -0.284. The van der Waals surface area contributed by atoms with Crippen molar-refractivity contribution in [1.29, 1.82) is 0 Å². The lowest BCUT2D eigenvalue weighted by Gasteiger charge is -2.14. The quantitative estimate of drug-likeness (QED) is 0.135. The Kier molecular flexibility index (Phi) is 18.9. The first-order valence-electron chi connectivity index (χ1n) is 11.1. The van der Waals surface area contributed by atoms with E-state index in [4.69, 9.17) is 4.74 Å². The number of carbonyl (C=O) groups excluding carboxylic acids is 1. The van der Waals surface area contributed by atoms with E-state index >= 15 is 0 Å². The SMILES string of the molecule is C=CC(=O)OC(CC)CCCCCCCCCCCCCCCCC. The van der Waals surface area contributed by atoms with E-state index in [1.54, 1.807) is 0 Å². The van der Waals surface area contributed by atoms with E-state index in [0.29, 0.717) is 0 Å². The van der Waals surface area contributed by atoms with Gasteiger partial charge in [-0.3, -0.25) is 0 Å². The Hall–Kier alpha value is -0.790. The second-order valence-corrected chi connectivity index (χ2v) is 7.41. The molecule has 148 valence electrons. The Morgan fingerprint density at radius 1 is 0.760 bits per heavy atom. The average Bonchev–Trinajstić information content (AvgIpc) is 2.63. The van der Waals surface area contributed by atoms with Crippen molar-refractivity contribution < 1.29 is 9.53 Å². The third kappa shape index (κ3) is 17.8. The van der Waals surface area contributed by atoms with E-state index in [2.05, 4.69) is 20.4 Å². The van der Waals surface area contributed by atoms with Crippen LogP contribution in [0.2, 0.25) is 0 Å². The van der Waals surface area contributed by atoms with Crippen molar-refractivity contribution in [2.75, 3.05) is 0 Å². The second-order valence-electron chi connectivity index (χ2n) is 7.41. The highest BCUT2D eigenvalue weighted by molar-refractivity contribution is 5.81. The van der Waals surface area contributed by atoms with Crippen LogP contribution in [0.3, 0.4) is 0 Å². The summed E-state index contributed by atoms with van der Waals surface area (Å²) in [7, 11) is 0. The highest BCUT2D eigenvalue weighted by Gasteiger charge is 2.09. The van der Waals surface area contributed by atoms with Crippen LogP contribution in [-0.4, -0.2) is 12.1 Å². The maximum Gasteiger partial charge on any atom is 0.330 e. The predicted molar refractivity (Wildman–Crippen MR) is 110 cm³/mol. The Balaban J connectivity index is 3.23. The lowest BCUT2D eigenvalue weighted by atomic mass is 10.0. The van der Waals surface area contributed by atoms with E-state index in [9.17, 15) is 4.79 Å². The van der Waals surface area contributed by atoms with Crippen LogP contribution in [0.1, 0.15) is 123 Å². The second kappa shape index (κ2) is 19.5. The van der Waals surface area contributed by atoms with Gasteiger partial charge in [0.1, 0.15) is 6.10 Å². The smallest absolute Gasteiger partial charge is 0.330 e. The van der Waals surface area contributed by atoms with Crippen molar-refractivity contribution in [1.82, 2.24) is 0 Å². The monoisotopic (exact) mass is 352 g/mol. The van der Waals surface area contributed by atoms with Crippen molar-refractivity contribution in [2.24, 2.45) is 0 Å². The highest BCUT2D eigenvalue weighted by Crippen LogP contribution is 2.15. The summed E-state index contributed by atoms with van der Waals surface area (Å²) in [5.74, 6) is -0.284. The van der Waals surface area contributed by atoms with Crippen LogP contribution in [0.15, 0.2) is 12.7 Å². The summed E-state index contributed by atoms with van der Waals surface area (Å²) in [6.45, 7) is 7.81. The number of hydrogen-bond donors (Lipinski definition) is 0. The van der Waals surface area contributed by atoms with Gasteiger partial charge in [0.15, 0.2) is 0 Å². The molecule has 0 amide bonds. The van der Waals surface area contributed by atoms with Gasteiger partial charge in [0.25, 0.3) is 0 Å². The van der Waals surface area contributed by atoms with Crippen LogP contribution in [-0.2, 0) is 9.53 Å². The summed E-state index contributed by atoms with van der Waals surface area (Å²) < 4.78 is 5.31. The Morgan fingerprint density at radius 3 is 1.52 bits per heavy atom. The standard InChI is InChI=1S/C23H44O2/c1-4-7-8-9-10-11-12-13-14-15-16-17-18-19-20-21-22(5-2)25-23(24)6-3/h6,22H,3-5,7-21H2,1-2H3. The number of carbonyl (C=O) groups is 1. The minimum absolute atomic E-state index is 0.0764. The molecule has 0 bridgehead atoms. The fourth-order valence-corrected chi connectivity index (χ4v) is 3.30. The van der Waals surface area contributed by atoms with E-state index in [1.165, 1.54) is 102 Å². The summed E-state index contributed by atoms with van der Waals surface area (Å²) in [5, 5.41) is 0. The molecule has 0 saturated carbocycles. The van der Waals surface area contributed by atoms with Crippen LogP contribution in [0, 0.1) is 0 Å². The van der Waals surface area contributed by atoms with E-state index < -0.39 is 0 Å². The zero-order valence-corrected chi connectivity index (χ0v) is 17.2. The van der Waals surface area contributed by atoms with Crippen LogP contribution in [0.5, 0.6) is 0 Å². The molecule has 0 aliphatic carbocycles. The summed E-state index contributed by atoms with van der Waals surface area (Å²) in [6.07, 6.45) is 24.0. The number of hydrogen-bond acceptors (Lipinski definition) is 2. The molecule has 0 aromatic rings. The van der Waals surface area contributed by atoms with Crippen molar-refractivity contribution >= 4 is 5.97 Å². The van der Waals surface area contributed by atoms with Gasteiger partial charge in [0, 0.05) is 6.08 Å². The molecule has 0 aromatic heterocycles. The largest absolute Gasteiger partial charge is 0.459 e. The van der Waals surface area contributed by atoms with Crippen molar-refractivity contribution in [3.8, 4) is 0 Å². The molecule has 0 heterocycles. The van der Waals surface area contributed by atoms with Gasteiger partial charge in [-0.1, -0.05) is 110 Å². The number of esters is 1. The molecule has 0 aromatic carbocycles. The Labute approximate surface area is 157 Å². The van der Waals surface area contributed by atoms with E-state index in [0.717, 1.165) is 12.8 Å². The first-order valence-corrected chi connectivity index (χ1v) is 11.1. The fraction of sp³-hybridized carbons (Fsp3) is 0.870. The normalized spacial score (nSPS) is 12.1. The third-order valence-electron chi connectivity index (χ3n) is 5.03. The molecule has 0 saturated heterocycles. The molecular formula is C23H44O2. The van der Waals surface area contributed by atoms with Crippen LogP contribution < -0.4 is 0 Å². The van der Waals surface area contributed by atoms with Gasteiger partial charge in [0.05, 0.1) is 0 Å². The molecule has 1 unspecified atom stereocenters. The van der Waals surface area contributed by atoms with Crippen molar-refractivity contribution in [2.45, 2.75) is 129 Å². The molecule has 0 spiro atoms. The van der Waals surface area contributed by atoms with Crippen molar-refractivity contribution in [3.63, 3.8) is 0 Å². The van der Waals surface area contributed by atoms with Crippen LogP contribution in [0.25, 0.3) is 0 Å². The zero-order chi connectivity index (χ0) is 18.6. The molecule has 0 fully saturated rings. The third-order valence-corrected chi connectivity index (χ3v) is 5.03. The number of rotatable bonds is 19. The van der Waals surface area contributed by atoms with Gasteiger partial charge >= 0.3 is 5.97 Å². The van der Waals surface area contributed by atoms with Gasteiger partial charge < -0.3 is 4.74 Å². The fourth-order valence-electron chi connectivity index (χ4n) is 3.30. The topological polar surface area (TPSA) is 26.3 Å². The number of unbranched alkanes of at least 4 members (excludes halogenated alkanes) is 14. The molecule has 25 heavy (non-hydrogen) atoms. The van der Waals surface area contributed by atoms with Crippen molar-refractivity contribution in [3.05, 3.63) is 12.7 Å². The van der Waals surface area contributed by atoms with Gasteiger partial charge in [0.2, 0.25) is 0 Å². The Bertz CT molecular complexity index is 298. The van der Waals surface area contributed by atoms with Gasteiger partial charge in [-0.05, 0) is 19.3 Å². The van der Waals surface area contributed by atoms with Crippen LogP contribution in [0.4, 0.5) is 0 Å². The molecule has 0 rings (SSSR count). The molecular weight excluding hydrogens is 308 g/mol. The molecule has 0 N–H and O–H groups in total. The minimum Gasteiger partial charge on any atom is -0.459 e. The zero-order valence-electron chi connectivity index (χ0n) is 17.2. The first kappa shape index (κ1) is 24.2. The maximum atomic E-state index is 11.2. The molecule has 2 nitrogen and oxygen atoms in total. The summed E-state index contributed by atoms with van der Waals surface area (Å²) in [6, 6.07) is 0. The first-order chi connectivity index (χ1) is 12.2. The summed E-state index contributed by atoms with van der Waals surface area (Å²) >= 11 is 0. The molecule has 0 aliphatic heterocycles. The lowest BCUT2D eigenvalue weighted by Crippen LogP contribution is -2.15. The molecule has 0 aliphatic rings. The molecule has 1 atom stereocenters. The number of ether oxygens (including phenoxy) is 1. The van der Waals surface area contributed by atoms with Gasteiger partial charge in [-0.25, -0.2) is 4.79 Å². The molecule has 2 heteroatoms. The summed E-state index contributed by atoms with van der Waals surface area (Å²) in [5.41, 5.74) is 0. The van der Waals surface area contributed by atoms with E-state index in [-0.39, 0.29) is 12.1 Å².